The maximum absolute atomic E-state index is 13.7. The molecule has 2 nitrogen and oxygen atoms in total. The second kappa shape index (κ2) is 4.26. The Morgan fingerprint density at radius 2 is 2.06 bits per heavy atom. The normalized spacial score (nSPS) is 13.6. The Kier molecular flexibility index (Phi) is 2.97. The summed E-state index contributed by atoms with van der Waals surface area (Å²) < 4.78 is 15.5. The van der Waals surface area contributed by atoms with Gasteiger partial charge in [-0.1, -0.05) is 0 Å². The molecule has 0 saturated heterocycles. The predicted octanol–water partition coefficient (Wildman–Crippen LogP) is 2.57. The van der Waals surface area contributed by atoms with Crippen molar-refractivity contribution in [3.05, 3.63) is 42.0 Å². The van der Waals surface area contributed by atoms with Crippen molar-refractivity contribution in [1.29, 1.82) is 0 Å². The molecule has 86 valence electrons. The van der Waals surface area contributed by atoms with E-state index in [-0.39, 0.29) is 5.82 Å². The van der Waals surface area contributed by atoms with Gasteiger partial charge in [0.15, 0.2) is 0 Å². The van der Waals surface area contributed by atoms with E-state index in [9.17, 15) is 4.39 Å². The van der Waals surface area contributed by atoms with Crippen molar-refractivity contribution in [3.8, 4) is 0 Å². The van der Waals surface area contributed by atoms with Gasteiger partial charge in [0, 0.05) is 18.4 Å². The zero-order chi connectivity index (χ0) is 11.7. The average Bonchev–Trinajstić information content (AvgIpc) is 2.63. The van der Waals surface area contributed by atoms with E-state index in [0.717, 1.165) is 12.0 Å². The standard InChI is InChI=1S/C13H17FN2/c1-10(15(2)3)9-11-6-8-16-7-4-5-12(14)13(11)16/h4-8,10H,9H2,1-3H3. The Hall–Kier alpha value is -1.35. The monoisotopic (exact) mass is 220 g/mol. The minimum atomic E-state index is -0.145. The van der Waals surface area contributed by atoms with E-state index in [4.69, 9.17) is 0 Å². The van der Waals surface area contributed by atoms with Crippen molar-refractivity contribution in [1.82, 2.24) is 9.30 Å². The molecule has 0 aliphatic carbocycles. The van der Waals surface area contributed by atoms with Crippen LogP contribution in [0.15, 0.2) is 30.6 Å². The number of likely N-dealkylation sites (N-methyl/N-ethyl adjacent to an activating group) is 1. The summed E-state index contributed by atoms with van der Waals surface area (Å²) in [5.41, 5.74) is 1.77. The maximum atomic E-state index is 13.7. The number of nitrogens with zero attached hydrogens (tertiary/aromatic N) is 2. The van der Waals surface area contributed by atoms with Gasteiger partial charge in [-0.3, -0.25) is 0 Å². The summed E-state index contributed by atoms with van der Waals surface area (Å²) in [6.07, 6.45) is 4.66. The van der Waals surface area contributed by atoms with Gasteiger partial charge >= 0.3 is 0 Å². The zero-order valence-corrected chi connectivity index (χ0v) is 9.94. The predicted molar refractivity (Wildman–Crippen MR) is 64.2 cm³/mol. The molecule has 0 radical (unpaired) electrons. The molecule has 0 bridgehead atoms. The van der Waals surface area contributed by atoms with Gasteiger partial charge in [0.25, 0.3) is 0 Å². The molecule has 1 atom stereocenters. The number of hydrogen-bond acceptors (Lipinski definition) is 1. The third-order valence-electron chi connectivity index (χ3n) is 3.11. The van der Waals surface area contributed by atoms with E-state index < -0.39 is 0 Å². The van der Waals surface area contributed by atoms with E-state index in [1.807, 2.05) is 37.0 Å². The molecule has 16 heavy (non-hydrogen) atoms. The van der Waals surface area contributed by atoms with E-state index in [1.165, 1.54) is 6.07 Å². The molecule has 2 aromatic rings. The first-order valence-corrected chi connectivity index (χ1v) is 5.50. The smallest absolute Gasteiger partial charge is 0.147 e. The molecule has 0 fully saturated rings. The van der Waals surface area contributed by atoms with Crippen LogP contribution in [0.5, 0.6) is 0 Å². The van der Waals surface area contributed by atoms with Gasteiger partial charge in [-0.05, 0) is 51.2 Å². The number of aromatic nitrogens is 1. The van der Waals surface area contributed by atoms with Crippen LogP contribution in [-0.4, -0.2) is 29.4 Å². The van der Waals surface area contributed by atoms with Crippen LogP contribution in [0.3, 0.4) is 0 Å². The van der Waals surface area contributed by atoms with Crippen molar-refractivity contribution >= 4 is 5.52 Å². The SMILES string of the molecule is CC(Cc1ccn2cccc(F)c12)N(C)C. The van der Waals surface area contributed by atoms with Crippen LogP contribution in [0, 0.1) is 5.82 Å². The number of rotatable bonds is 3. The van der Waals surface area contributed by atoms with Gasteiger partial charge in [-0.15, -0.1) is 0 Å². The lowest BCUT2D eigenvalue weighted by Crippen LogP contribution is -2.26. The Bertz CT molecular complexity index is 488. The highest BCUT2D eigenvalue weighted by atomic mass is 19.1. The molecule has 0 amide bonds. The number of hydrogen-bond donors (Lipinski definition) is 0. The summed E-state index contributed by atoms with van der Waals surface area (Å²) in [5.74, 6) is -0.145. The molecule has 0 N–H and O–H groups in total. The first-order valence-electron chi connectivity index (χ1n) is 5.50. The molecular formula is C13H17FN2. The van der Waals surface area contributed by atoms with Gasteiger partial charge in [0.1, 0.15) is 5.82 Å². The van der Waals surface area contributed by atoms with Crippen LogP contribution in [-0.2, 0) is 6.42 Å². The van der Waals surface area contributed by atoms with Crippen LogP contribution in [0.4, 0.5) is 4.39 Å². The quantitative estimate of drug-likeness (QED) is 0.771. The summed E-state index contributed by atoms with van der Waals surface area (Å²) in [7, 11) is 4.08. The van der Waals surface area contributed by atoms with Crippen LogP contribution in [0.1, 0.15) is 12.5 Å². The largest absolute Gasteiger partial charge is 0.321 e. The van der Waals surface area contributed by atoms with Crippen LogP contribution in [0.2, 0.25) is 0 Å². The molecule has 2 aromatic heterocycles. The van der Waals surface area contributed by atoms with E-state index in [0.29, 0.717) is 11.6 Å². The highest BCUT2D eigenvalue weighted by molar-refractivity contribution is 5.57. The van der Waals surface area contributed by atoms with Crippen LogP contribution < -0.4 is 0 Å². The molecule has 1 unspecified atom stereocenters. The Morgan fingerprint density at radius 1 is 1.31 bits per heavy atom. The average molecular weight is 220 g/mol. The topological polar surface area (TPSA) is 7.65 Å². The van der Waals surface area contributed by atoms with E-state index >= 15 is 0 Å². The van der Waals surface area contributed by atoms with Gasteiger partial charge in [-0.2, -0.15) is 0 Å². The van der Waals surface area contributed by atoms with Gasteiger partial charge in [0.05, 0.1) is 5.52 Å². The van der Waals surface area contributed by atoms with Crippen LogP contribution in [0.25, 0.3) is 5.52 Å². The molecule has 0 aliphatic rings. The second-order valence-electron chi connectivity index (χ2n) is 4.47. The highest BCUT2D eigenvalue weighted by Crippen LogP contribution is 2.18. The number of pyridine rings is 1. The lowest BCUT2D eigenvalue weighted by molar-refractivity contribution is 0.313. The lowest BCUT2D eigenvalue weighted by atomic mass is 10.1. The molecule has 0 spiro atoms. The third kappa shape index (κ3) is 1.95. The molecule has 3 heteroatoms. The lowest BCUT2D eigenvalue weighted by Gasteiger charge is -2.19. The molecule has 0 aromatic carbocycles. The molecule has 2 heterocycles. The zero-order valence-electron chi connectivity index (χ0n) is 9.94. The van der Waals surface area contributed by atoms with Crippen molar-refractivity contribution in [3.63, 3.8) is 0 Å². The fourth-order valence-corrected chi connectivity index (χ4v) is 1.86. The van der Waals surface area contributed by atoms with Gasteiger partial charge in [-0.25, -0.2) is 4.39 Å². The van der Waals surface area contributed by atoms with E-state index in [2.05, 4.69) is 11.8 Å². The third-order valence-corrected chi connectivity index (χ3v) is 3.11. The van der Waals surface area contributed by atoms with Gasteiger partial charge in [0.2, 0.25) is 0 Å². The molecule has 2 rings (SSSR count). The molecule has 0 aliphatic heterocycles. The Labute approximate surface area is 95.3 Å². The Morgan fingerprint density at radius 3 is 2.75 bits per heavy atom. The summed E-state index contributed by atoms with van der Waals surface area (Å²) in [4.78, 5) is 2.14. The fraction of sp³-hybridized carbons (Fsp3) is 0.385. The summed E-state index contributed by atoms with van der Waals surface area (Å²) >= 11 is 0. The minimum Gasteiger partial charge on any atom is -0.321 e. The first kappa shape index (κ1) is 11.1. The number of halogens is 1. The second-order valence-corrected chi connectivity index (χ2v) is 4.47. The fourth-order valence-electron chi connectivity index (χ4n) is 1.86. The Balaban J connectivity index is 2.38. The summed E-state index contributed by atoms with van der Waals surface area (Å²) in [6.45, 7) is 2.14. The molecule has 0 saturated carbocycles. The van der Waals surface area contributed by atoms with Crippen molar-refractivity contribution < 1.29 is 4.39 Å². The minimum absolute atomic E-state index is 0.145. The van der Waals surface area contributed by atoms with Crippen LogP contribution >= 0.6 is 0 Å². The highest BCUT2D eigenvalue weighted by Gasteiger charge is 2.11. The van der Waals surface area contributed by atoms with Crippen molar-refractivity contribution in [2.45, 2.75) is 19.4 Å². The van der Waals surface area contributed by atoms with Gasteiger partial charge < -0.3 is 9.30 Å². The van der Waals surface area contributed by atoms with E-state index in [1.54, 1.807) is 6.07 Å². The summed E-state index contributed by atoms with van der Waals surface area (Å²) in [6, 6.07) is 5.64. The first-order chi connectivity index (χ1) is 7.59. The summed E-state index contributed by atoms with van der Waals surface area (Å²) in [5, 5.41) is 0. The molecular weight excluding hydrogens is 203 g/mol. The van der Waals surface area contributed by atoms with Crippen molar-refractivity contribution in [2.75, 3.05) is 14.1 Å². The van der Waals surface area contributed by atoms with Crippen molar-refractivity contribution in [2.24, 2.45) is 0 Å². The maximum Gasteiger partial charge on any atom is 0.147 e. The number of fused-ring (bicyclic) bond motifs is 1.